The summed E-state index contributed by atoms with van der Waals surface area (Å²) in [5, 5.41) is 23.8. The maximum absolute atomic E-state index is 13.2. The fraction of sp³-hybridized carbons (Fsp3) is 0.750. The zero-order valence-corrected chi connectivity index (χ0v) is 40.7. The van der Waals surface area contributed by atoms with Gasteiger partial charge in [0.25, 0.3) is 0 Å². The molecular formula is C56H99NO5. The van der Waals surface area contributed by atoms with Crippen molar-refractivity contribution in [2.45, 2.75) is 264 Å². The molecule has 1 amide bonds. The first-order valence-electron chi connectivity index (χ1n) is 26.2. The van der Waals surface area contributed by atoms with Crippen molar-refractivity contribution in [3.8, 4) is 0 Å². The summed E-state index contributed by atoms with van der Waals surface area (Å²) in [6.07, 6.45) is 62.5. The van der Waals surface area contributed by atoms with Crippen molar-refractivity contribution in [3.63, 3.8) is 0 Å². The van der Waals surface area contributed by atoms with E-state index in [4.69, 9.17) is 4.74 Å². The van der Waals surface area contributed by atoms with Crippen molar-refractivity contribution in [2.75, 3.05) is 6.61 Å². The number of allylic oxidation sites excluding steroid dienone is 12. The molecule has 0 aliphatic heterocycles. The number of ether oxygens (including phenoxy) is 1. The van der Waals surface area contributed by atoms with E-state index in [0.717, 1.165) is 116 Å². The number of nitrogens with one attached hydrogen (secondary N) is 1. The van der Waals surface area contributed by atoms with Crippen LogP contribution in [-0.4, -0.2) is 46.9 Å². The van der Waals surface area contributed by atoms with Crippen LogP contribution >= 0.6 is 0 Å². The highest BCUT2D eigenvalue weighted by Gasteiger charge is 2.24. The molecule has 0 radical (unpaired) electrons. The van der Waals surface area contributed by atoms with Crippen LogP contribution in [0.5, 0.6) is 0 Å². The standard InChI is InChI=1S/C56H99NO5/c1-4-7-10-13-16-19-22-25-27-29-31-34-37-40-43-46-49-56(61)62-52(47-44-41-38-35-32-24-21-18-15-12-9-6-3)50-55(60)57-53(51-58)54(59)48-45-42-39-36-33-30-28-26-23-20-17-14-11-8-5-2/h7,9-10,12,16,18-19,21,25,27,31,34,52-54,58-59H,4-6,8,11,13-15,17,20,22-24,26,28-30,32-33,35-51H2,1-3H3,(H,57,60)/b10-7+,12-9+,19-16+,21-18+,27-25+,34-31+. The lowest BCUT2D eigenvalue weighted by molar-refractivity contribution is -0.151. The summed E-state index contributed by atoms with van der Waals surface area (Å²) in [5.41, 5.74) is 0. The van der Waals surface area contributed by atoms with Gasteiger partial charge in [-0.1, -0.05) is 216 Å². The minimum Gasteiger partial charge on any atom is -0.462 e. The van der Waals surface area contributed by atoms with E-state index in [-0.39, 0.29) is 24.9 Å². The summed E-state index contributed by atoms with van der Waals surface area (Å²) in [6, 6.07) is -0.715. The monoisotopic (exact) mass is 866 g/mol. The Hall–Kier alpha value is -2.70. The third-order valence-electron chi connectivity index (χ3n) is 11.5. The fourth-order valence-corrected chi connectivity index (χ4v) is 7.64. The number of carbonyl (C=O) groups is 2. The molecule has 0 spiro atoms. The molecule has 0 heterocycles. The van der Waals surface area contributed by atoms with Crippen molar-refractivity contribution in [2.24, 2.45) is 0 Å². The van der Waals surface area contributed by atoms with Crippen LogP contribution in [-0.2, 0) is 14.3 Å². The zero-order valence-electron chi connectivity index (χ0n) is 40.7. The SMILES string of the molecule is CC/C=C/C/C=C/C/C=C/C/C=C/CCCCCC(=O)OC(CCCCCCC/C=C/C/C=C/CC)CC(=O)NC(CO)C(O)CCCCCCCCCCCCCCCCC. The minimum absolute atomic E-state index is 0.0526. The van der Waals surface area contributed by atoms with Crippen LogP contribution in [0.3, 0.4) is 0 Å². The third-order valence-corrected chi connectivity index (χ3v) is 11.5. The van der Waals surface area contributed by atoms with Gasteiger partial charge in [-0.05, 0) is 89.9 Å². The van der Waals surface area contributed by atoms with E-state index in [1.807, 2.05) is 0 Å². The van der Waals surface area contributed by atoms with Crippen LogP contribution in [0.25, 0.3) is 0 Å². The maximum atomic E-state index is 13.2. The second-order valence-electron chi connectivity index (χ2n) is 17.5. The Morgan fingerprint density at radius 2 is 0.871 bits per heavy atom. The van der Waals surface area contributed by atoms with E-state index >= 15 is 0 Å². The number of amides is 1. The lowest BCUT2D eigenvalue weighted by Gasteiger charge is -2.24. The summed E-state index contributed by atoms with van der Waals surface area (Å²) in [7, 11) is 0. The molecule has 0 rings (SSSR count). The van der Waals surface area contributed by atoms with Crippen LogP contribution in [0, 0.1) is 0 Å². The lowest BCUT2D eigenvalue weighted by Crippen LogP contribution is -2.46. The summed E-state index contributed by atoms with van der Waals surface area (Å²) in [5.74, 6) is -0.526. The van der Waals surface area contributed by atoms with Crippen molar-refractivity contribution < 1.29 is 24.5 Å². The molecule has 0 saturated heterocycles. The first-order valence-corrected chi connectivity index (χ1v) is 26.2. The summed E-state index contributed by atoms with van der Waals surface area (Å²) >= 11 is 0. The van der Waals surface area contributed by atoms with Gasteiger partial charge in [-0.2, -0.15) is 0 Å². The molecule has 0 aromatic heterocycles. The molecule has 3 atom stereocenters. The number of hydrogen-bond donors (Lipinski definition) is 3. The molecule has 0 saturated carbocycles. The smallest absolute Gasteiger partial charge is 0.306 e. The third kappa shape index (κ3) is 43.9. The van der Waals surface area contributed by atoms with Gasteiger partial charge in [0, 0.05) is 6.42 Å². The minimum atomic E-state index is -0.800. The summed E-state index contributed by atoms with van der Waals surface area (Å²) in [4.78, 5) is 26.1. The van der Waals surface area contributed by atoms with Gasteiger partial charge < -0.3 is 20.3 Å². The highest BCUT2D eigenvalue weighted by Crippen LogP contribution is 2.18. The highest BCUT2D eigenvalue weighted by molar-refractivity contribution is 5.77. The van der Waals surface area contributed by atoms with Gasteiger partial charge in [-0.15, -0.1) is 0 Å². The quantitative estimate of drug-likeness (QED) is 0.0322. The number of rotatable bonds is 46. The highest BCUT2D eigenvalue weighted by atomic mass is 16.5. The molecule has 6 nitrogen and oxygen atoms in total. The van der Waals surface area contributed by atoms with Gasteiger partial charge in [-0.3, -0.25) is 9.59 Å². The molecule has 3 N–H and O–H groups in total. The number of unbranched alkanes of at least 4 members (excludes halogenated alkanes) is 22. The number of esters is 1. The van der Waals surface area contributed by atoms with Gasteiger partial charge in [0.1, 0.15) is 6.10 Å². The van der Waals surface area contributed by atoms with Gasteiger partial charge in [0.2, 0.25) is 5.91 Å². The predicted octanol–water partition coefficient (Wildman–Crippen LogP) is 15.8. The lowest BCUT2D eigenvalue weighted by atomic mass is 10.0. The topological polar surface area (TPSA) is 95.9 Å². The Morgan fingerprint density at radius 3 is 1.32 bits per heavy atom. The largest absolute Gasteiger partial charge is 0.462 e. The van der Waals surface area contributed by atoms with Crippen LogP contribution in [0.4, 0.5) is 0 Å². The molecule has 6 heteroatoms. The second-order valence-corrected chi connectivity index (χ2v) is 17.5. The normalized spacial score (nSPS) is 13.8. The first kappa shape index (κ1) is 59.3. The molecule has 0 aromatic rings. The number of aliphatic hydroxyl groups excluding tert-OH is 2. The average Bonchev–Trinajstić information content (AvgIpc) is 3.26. The second kappa shape index (κ2) is 49.3. The van der Waals surface area contributed by atoms with Gasteiger partial charge in [0.15, 0.2) is 0 Å². The summed E-state index contributed by atoms with van der Waals surface area (Å²) < 4.78 is 5.91. The number of hydrogen-bond acceptors (Lipinski definition) is 5. The van der Waals surface area contributed by atoms with Crippen molar-refractivity contribution in [1.82, 2.24) is 5.32 Å². The van der Waals surface area contributed by atoms with Gasteiger partial charge >= 0.3 is 5.97 Å². The zero-order chi connectivity index (χ0) is 45.2. The fourth-order valence-electron chi connectivity index (χ4n) is 7.64. The molecule has 62 heavy (non-hydrogen) atoms. The van der Waals surface area contributed by atoms with Crippen LogP contribution in [0.15, 0.2) is 72.9 Å². The van der Waals surface area contributed by atoms with Crippen molar-refractivity contribution in [3.05, 3.63) is 72.9 Å². The Morgan fingerprint density at radius 1 is 0.484 bits per heavy atom. The van der Waals surface area contributed by atoms with Crippen molar-refractivity contribution in [1.29, 1.82) is 0 Å². The molecular weight excluding hydrogens is 767 g/mol. The Balaban J connectivity index is 4.60. The molecule has 0 aromatic carbocycles. The predicted molar refractivity (Wildman–Crippen MR) is 268 cm³/mol. The molecule has 0 aliphatic rings. The van der Waals surface area contributed by atoms with E-state index in [1.165, 1.54) is 83.5 Å². The Bertz CT molecular complexity index is 1150. The molecule has 0 fully saturated rings. The van der Waals surface area contributed by atoms with E-state index in [0.29, 0.717) is 19.3 Å². The first-order chi connectivity index (χ1) is 30.5. The van der Waals surface area contributed by atoms with E-state index in [1.54, 1.807) is 0 Å². The van der Waals surface area contributed by atoms with Crippen LogP contribution in [0.1, 0.15) is 245 Å². The van der Waals surface area contributed by atoms with Gasteiger partial charge in [-0.25, -0.2) is 0 Å². The number of aliphatic hydroxyl groups is 2. The summed E-state index contributed by atoms with van der Waals surface area (Å²) in [6.45, 7) is 6.26. The molecule has 0 bridgehead atoms. The van der Waals surface area contributed by atoms with Gasteiger partial charge in [0.05, 0.1) is 25.2 Å². The number of carbonyl (C=O) groups excluding carboxylic acids is 2. The van der Waals surface area contributed by atoms with Crippen LogP contribution < -0.4 is 5.32 Å². The van der Waals surface area contributed by atoms with Crippen LogP contribution in [0.2, 0.25) is 0 Å². The van der Waals surface area contributed by atoms with E-state index in [9.17, 15) is 19.8 Å². The Labute approximate surface area is 383 Å². The van der Waals surface area contributed by atoms with E-state index < -0.39 is 18.2 Å². The molecule has 0 aliphatic carbocycles. The molecule has 358 valence electrons. The Kier molecular flexibility index (Phi) is 47.2. The van der Waals surface area contributed by atoms with Crippen molar-refractivity contribution >= 4 is 11.9 Å². The maximum Gasteiger partial charge on any atom is 0.306 e. The average molecular weight is 866 g/mol. The molecule has 3 unspecified atom stereocenters. The van der Waals surface area contributed by atoms with E-state index in [2.05, 4.69) is 99.0 Å².